The summed E-state index contributed by atoms with van der Waals surface area (Å²) in [6.45, 7) is -0.245. The van der Waals surface area contributed by atoms with Crippen LogP contribution in [-0.2, 0) is 21.4 Å². The Morgan fingerprint density at radius 3 is 2.42 bits per heavy atom. The minimum Gasteiger partial charge on any atom is -0.497 e. The molecule has 0 aliphatic rings. The first kappa shape index (κ1) is 19.7. The Bertz CT molecular complexity index is 856. The first-order chi connectivity index (χ1) is 12.3. The number of carbonyl (C=O) groups is 1. The van der Waals surface area contributed by atoms with Gasteiger partial charge in [-0.25, -0.2) is 8.42 Å². The predicted octanol–water partition coefficient (Wildman–Crippen LogP) is 1.50. The lowest BCUT2D eigenvalue weighted by atomic mass is 10.2. The van der Waals surface area contributed by atoms with E-state index in [1.165, 1.54) is 14.2 Å². The summed E-state index contributed by atoms with van der Waals surface area (Å²) in [4.78, 5) is 16.3. The first-order valence-electron chi connectivity index (χ1n) is 7.69. The number of nitrogens with one attached hydrogen (secondary N) is 1. The Balaban J connectivity index is 2.13. The standard InChI is InChI=1S/C17H21N3O5S/c1-24-14-4-5-15(16(10-14)25-2)19-17(21)12-20(26(3,22)23)11-13-6-8-18-9-7-13/h4-10H,11-12H2,1-3H3,(H,19,21). The highest BCUT2D eigenvalue weighted by molar-refractivity contribution is 7.88. The number of rotatable bonds is 8. The van der Waals surface area contributed by atoms with Gasteiger partial charge in [-0.1, -0.05) is 0 Å². The van der Waals surface area contributed by atoms with Crippen molar-refractivity contribution in [2.24, 2.45) is 0 Å². The van der Waals surface area contributed by atoms with Crippen LogP contribution in [0.4, 0.5) is 5.69 Å². The molecule has 9 heteroatoms. The second-order valence-corrected chi connectivity index (χ2v) is 7.48. The molecule has 0 unspecified atom stereocenters. The van der Waals surface area contributed by atoms with E-state index < -0.39 is 15.9 Å². The van der Waals surface area contributed by atoms with Gasteiger partial charge in [0.25, 0.3) is 0 Å². The maximum Gasteiger partial charge on any atom is 0.239 e. The van der Waals surface area contributed by atoms with Crippen LogP contribution in [0.1, 0.15) is 5.56 Å². The molecule has 0 saturated heterocycles. The molecule has 26 heavy (non-hydrogen) atoms. The minimum atomic E-state index is -3.58. The highest BCUT2D eigenvalue weighted by Gasteiger charge is 2.21. The Kier molecular flexibility index (Phi) is 6.53. The number of ether oxygens (including phenoxy) is 2. The van der Waals surface area contributed by atoms with E-state index in [1.807, 2.05) is 0 Å². The Morgan fingerprint density at radius 2 is 1.85 bits per heavy atom. The number of amides is 1. The number of pyridine rings is 1. The molecule has 0 aliphatic carbocycles. The van der Waals surface area contributed by atoms with E-state index in [2.05, 4.69) is 10.3 Å². The van der Waals surface area contributed by atoms with Gasteiger partial charge in [0.2, 0.25) is 15.9 Å². The van der Waals surface area contributed by atoms with E-state index in [4.69, 9.17) is 9.47 Å². The summed E-state index contributed by atoms with van der Waals surface area (Å²) in [5.41, 5.74) is 1.16. The maximum atomic E-state index is 12.4. The van der Waals surface area contributed by atoms with Crippen LogP contribution >= 0.6 is 0 Å². The Morgan fingerprint density at radius 1 is 1.15 bits per heavy atom. The summed E-state index contributed by atoms with van der Waals surface area (Å²) < 4.78 is 35.5. The third-order valence-corrected chi connectivity index (χ3v) is 4.78. The molecule has 0 atom stereocenters. The van der Waals surface area contributed by atoms with Gasteiger partial charge in [-0.05, 0) is 29.8 Å². The van der Waals surface area contributed by atoms with Crippen molar-refractivity contribution in [2.75, 3.05) is 32.3 Å². The van der Waals surface area contributed by atoms with Crippen molar-refractivity contribution in [3.05, 3.63) is 48.3 Å². The minimum absolute atomic E-state index is 0.0779. The van der Waals surface area contributed by atoms with Crippen LogP contribution in [0.3, 0.4) is 0 Å². The van der Waals surface area contributed by atoms with Gasteiger partial charge in [-0.3, -0.25) is 9.78 Å². The fourth-order valence-corrected chi connectivity index (χ4v) is 2.97. The molecule has 2 rings (SSSR count). The van der Waals surface area contributed by atoms with E-state index in [0.29, 0.717) is 17.2 Å². The molecule has 0 spiro atoms. The summed E-state index contributed by atoms with van der Waals surface area (Å²) in [6, 6.07) is 8.32. The zero-order chi connectivity index (χ0) is 19.2. The Labute approximate surface area is 152 Å². The number of hydrogen-bond donors (Lipinski definition) is 1. The second-order valence-electron chi connectivity index (χ2n) is 5.50. The molecular formula is C17H21N3O5S. The van der Waals surface area contributed by atoms with Crippen LogP contribution < -0.4 is 14.8 Å². The molecule has 0 fully saturated rings. The van der Waals surface area contributed by atoms with E-state index in [9.17, 15) is 13.2 Å². The molecule has 2 aromatic rings. The molecular weight excluding hydrogens is 358 g/mol. The summed E-state index contributed by atoms with van der Waals surface area (Å²) in [5, 5.41) is 2.66. The fraction of sp³-hybridized carbons (Fsp3) is 0.294. The monoisotopic (exact) mass is 379 g/mol. The van der Waals surface area contributed by atoms with Crippen LogP contribution in [0, 0.1) is 0 Å². The van der Waals surface area contributed by atoms with Crippen LogP contribution in [0.25, 0.3) is 0 Å². The maximum absolute atomic E-state index is 12.4. The molecule has 0 aliphatic heterocycles. The SMILES string of the molecule is COc1ccc(NC(=O)CN(Cc2ccncc2)S(C)(=O)=O)c(OC)c1. The van der Waals surface area contributed by atoms with Gasteiger partial charge in [0, 0.05) is 25.0 Å². The van der Waals surface area contributed by atoms with Gasteiger partial charge in [0.05, 0.1) is 32.7 Å². The quantitative estimate of drug-likeness (QED) is 0.746. The van der Waals surface area contributed by atoms with E-state index >= 15 is 0 Å². The molecule has 1 heterocycles. The smallest absolute Gasteiger partial charge is 0.239 e. The van der Waals surface area contributed by atoms with Gasteiger partial charge >= 0.3 is 0 Å². The van der Waals surface area contributed by atoms with Crippen LogP contribution in [0.15, 0.2) is 42.7 Å². The first-order valence-corrected chi connectivity index (χ1v) is 9.54. The number of benzene rings is 1. The van der Waals surface area contributed by atoms with E-state index in [-0.39, 0.29) is 13.1 Å². The number of anilines is 1. The fourth-order valence-electron chi connectivity index (χ4n) is 2.23. The highest BCUT2D eigenvalue weighted by atomic mass is 32.2. The van der Waals surface area contributed by atoms with Crippen molar-refractivity contribution in [1.82, 2.24) is 9.29 Å². The molecule has 0 saturated carbocycles. The van der Waals surface area contributed by atoms with Crippen molar-refractivity contribution in [3.63, 3.8) is 0 Å². The third kappa shape index (κ3) is 5.43. The molecule has 1 amide bonds. The van der Waals surface area contributed by atoms with Crippen molar-refractivity contribution >= 4 is 21.6 Å². The lowest BCUT2D eigenvalue weighted by Gasteiger charge is -2.20. The van der Waals surface area contributed by atoms with Gasteiger partial charge in [-0.15, -0.1) is 0 Å². The molecule has 0 radical (unpaired) electrons. The average molecular weight is 379 g/mol. The zero-order valence-electron chi connectivity index (χ0n) is 14.8. The zero-order valence-corrected chi connectivity index (χ0v) is 15.6. The van der Waals surface area contributed by atoms with E-state index in [1.54, 1.807) is 42.7 Å². The predicted molar refractivity (Wildman–Crippen MR) is 97.7 cm³/mol. The normalized spacial score (nSPS) is 11.2. The highest BCUT2D eigenvalue weighted by Crippen LogP contribution is 2.29. The molecule has 140 valence electrons. The summed E-state index contributed by atoms with van der Waals surface area (Å²) in [5.74, 6) is 0.515. The summed E-state index contributed by atoms with van der Waals surface area (Å²) in [7, 11) is -0.583. The summed E-state index contributed by atoms with van der Waals surface area (Å²) in [6.07, 6.45) is 4.20. The van der Waals surface area contributed by atoms with Gasteiger partial charge in [0.1, 0.15) is 11.5 Å². The molecule has 1 N–H and O–H groups in total. The number of hydrogen-bond acceptors (Lipinski definition) is 6. The van der Waals surface area contributed by atoms with Crippen molar-refractivity contribution in [3.8, 4) is 11.5 Å². The topological polar surface area (TPSA) is 97.8 Å². The molecule has 1 aromatic carbocycles. The van der Waals surface area contributed by atoms with Gasteiger partial charge < -0.3 is 14.8 Å². The largest absolute Gasteiger partial charge is 0.497 e. The van der Waals surface area contributed by atoms with E-state index in [0.717, 1.165) is 16.1 Å². The van der Waals surface area contributed by atoms with Crippen molar-refractivity contribution < 1.29 is 22.7 Å². The van der Waals surface area contributed by atoms with Gasteiger partial charge in [0.15, 0.2) is 0 Å². The van der Waals surface area contributed by atoms with Crippen molar-refractivity contribution in [2.45, 2.75) is 6.54 Å². The number of aromatic nitrogens is 1. The second kappa shape index (κ2) is 8.63. The van der Waals surface area contributed by atoms with Crippen molar-refractivity contribution in [1.29, 1.82) is 0 Å². The average Bonchev–Trinajstić information content (AvgIpc) is 2.61. The Hall–Kier alpha value is -2.65. The van der Waals surface area contributed by atoms with Crippen LogP contribution in [0.5, 0.6) is 11.5 Å². The number of carbonyl (C=O) groups excluding carboxylic acids is 1. The number of nitrogens with zero attached hydrogens (tertiary/aromatic N) is 2. The molecule has 0 bridgehead atoms. The number of methoxy groups -OCH3 is 2. The van der Waals surface area contributed by atoms with Crippen LogP contribution in [0.2, 0.25) is 0 Å². The van der Waals surface area contributed by atoms with Gasteiger partial charge in [-0.2, -0.15) is 4.31 Å². The number of sulfonamides is 1. The molecule has 8 nitrogen and oxygen atoms in total. The van der Waals surface area contributed by atoms with Crippen LogP contribution in [-0.4, -0.2) is 50.6 Å². The lowest BCUT2D eigenvalue weighted by Crippen LogP contribution is -2.36. The third-order valence-electron chi connectivity index (χ3n) is 3.58. The molecule has 1 aromatic heterocycles. The lowest BCUT2D eigenvalue weighted by molar-refractivity contribution is -0.116. The summed E-state index contributed by atoms with van der Waals surface area (Å²) >= 11 is 0.